The van der Waals surface area contributed by atoms with Gasteiger partial charge in [-0.05, 0) is 24.5 Å². The molecule has 0 amide bonds. The third-order valence-corrected chi connectivity index (χ3v) is 3.48. The highest BCUT2D eigenvalue weighted by Crippen LogP contribution is 2.28. The average Bonchev–Trinajstić information content (AvgIpc) is 2.78. The van der Waals surface area contributed by atoms with Crippen LogP contribution >= 0.6 is 11.3 Å². The number of thiazole rings is 1. The van der Waals surface area contributed by atoms with Crippen molar-refractivity contribution in [3.63, 3.8) is 0 Å². The number of nitrogens with zero attached hydrogens (tertiary/aromatic N) is 1. The standard InChI is InChI=1S/C13H16N2S/c1-3-10-5-7-11(8-6-10)12-9-15-13(16-12)14-4-2/h5-9H,3-4H2,1-2H3,(H,14,15). The lowest BCUT2D eigenvalue weighted by Crippen LogP contribution is -1.94. The Morgan fingerprint density at radius 2 is 1.94 bits per heavy atom. The molecule has 0 fully saturated rings. The zero-order chi connectivity index (χ0) is 11.4. The van der Waals surface area contributed by atoms with Gasteiger partial charge in [0, 0.05) is 12.7 Å². The maximum Gasteiger partial charge on any atom is 0.183 e. The van der Waals surface area contributed by atoms with Crippen LogP contribution in [0.3, 0.4) is 0 Å². The molecule has 0 spiro atoms. The van der Waals surface area contributed by atoms with Crippen molar-refractivity contribution in [2.45, 2.75) is 20.3 Å². The molecule has 0 aliphatic rings. The molecule has 1 heterocycles. The quantitative estimate of drug-likeness (QED) is 0.867. The molecular formula is C13H16N2S. The van der Waals surface area contributed by atoms with Gasteiger partial charge in [0.25, 0.3) is 0 Å². The van der Waals surface area contributed by atoms with E-state index in [-0.39, 0.29) is 0 Å². The Morgan fingerprint density at radius 3 is 2.56 bits per heavy atom. The van der Waals surface area contributed by atoms with Crippen LogP contribution < -0.4 is 5.32 Å². The zero-order valence-electron chi connectivity index (χ0n) is 9.66. The van der Waals surface area contributed by atoms with Crippen LogP contribution in [0.2, 0.25) is 0 Å². The third kappa shape index (κ3) is 2.42. The topological polar surface area (TPSA) is 24.9 Å². The molecule has 1 aromatic heterocycles. The molecule has 0 saturated heterocycles. The molecule has 2 rings (SSSR count). The van der Waals surface area contributed by atoms with Crippen LogP contribution in [-0.4, -0.2) is 11.5 Å². The lowest BCUT2D eigenvalue weighted by Gasteiger charge is -1.99. The van der Waals surface area contributed by atoms with E-state index in [1.54, 1.807) is 11.3 Å². The van der Waals surface area contributed by atoms with E-state index < -0.39 is 0 Å². The Kier molecular flexibility index (Phi) is 3.57. The minimum atomic E-state index is 0.918. The molecule has 0 unspecified atom stereocenters. The van der Waals surface area contributed by atoms with Crippen LogP contribution in [0.5, 0.6) is 0 Å². The van der Waals surface area contributed by atoms with E-state index >= 15 is 0 Å². The van der Waals surface area contributed by atoms with E-state index in [1.165, 1.54) is 16.0 Å². The number of anilines is 1. The summed E-state index contributed by atoms with van der Waals surface area (Å²) >= 11 is 1.70. The van der Waals surface area contributed by atoms with Gasteiger partial charge >= 0.3 is 0 Å². The van der Waals surface area contributed by atoms with E-state index in [0.29, 0.717) is 0 Å². The molecule has 0 aliphatic heterocycles. The second-order valence-corrected chi connectivity index (χ2v) is 4.64. The van der Waals surface area contributed by atoms with Crippen LogP contribution in [0.15, 0.2) is 30.5 Å². The first-order valence-corrected chi connectivity index (χ1v) is 6.44. The molecule has 0 saturated carbocycles. The molecule has 2 aromatic rings. The van der Waals surface area contributed by atoms with Crippen molar-refractivity contribution in [2.75, 3.05) is 11.9 Å². The monoisotopic (exact) mass is 232 g/mol. The molecule has 0 bridgehead atoms. The first-order valence-electron chi connectivity index (χ1n) is 5.62. The van der Waals surface area contributed by atoms with Crippen molar-refractivity contribution in [1.29, 1.82) is 0 Å². The van der Waals surface area contributed by atoms with Crippen LogP contribution in [0, 0.1) is 0 Å². The summed E-state index contributed by atoms with van der Waals surface area (Å²) in [6.45, 7) is 5.17. The van der Waals surface area contributed by atoms with Crippen molar-refractivity contribution in [3.05, 3.63) is 36.0 Å². The largest absolute Gasteiger partial charge is 0.362 e. The van der Waals surface area contributed by atoms with Gasteiger partial charge in [-0.25, -0.2) is 4.98 Å². The van der Waals surface area contributed by atoms with Crippen molar-refractivity contribution < 1.29 is 0 Å². The van der Waals surface area contributed by atoms with Crippen molar-refractivity contribution >= 4 is 16.5 Å². The predicted octanol–water partition coefficient (Wildman–Crippen LogP) is 3.80. The highest BCUT2D eigenvalue weighted by Gasteiger charge is 2.03. The SMILES string of the molecule is CCNc1ncc(-c2ccc(CC)cc2)s1. The summed E-state index contributed by atoms with van der Waals surface area (Å²) in [5, 5.41) is 4.22. The molecule has 0 atom stereocenters. The molecule has 16 heavy (non-hydrogen) atoms. The van der Waals surface area contributed by atoms with Gasteiger partial charge in [-0.3, -0.25) is 0 Å². The number of aromatic nitrogens is 1. The summed E-state index contributed by atoms with van der Waals surface area (Å²) in [5.41, 5.74) is 2.62. The van der Waals surface area contributed by atoms with Crippen molar-refractivity contribution in [3.8, 4) is 10.4 Å². The van der Waals surface area contributed by atoms with Crippen LogP contribution in [0.4, 0.5) is 5.13 Å². The van der Waals surface area contributed by atoms with E-state index in [1.807, 2.05) is 6.20 Å². The summed E-state index contributed by atoms with van der Waals surface area (Å²) in [5.74, 6) is 0. The number of hydrogen-bond donors (Lipinski definition) is 1. The van der Waals surface area contributed by atoms with E-state index in [0.717, 1.165) is 18.1 Å². The van der Waals surface area contributed by atoms with Gasteiger partial charge in [-0.2, -0.15) is 0 Å². The highest BCUT2D eigenvalue weighted by atomic mass is 32.1. The van der Waals surface area contributed by atoms with Gasteiger partial charge in [0.15, 0.2) is 5.13 Å². The molecule has 1 aromatic carbocycles. The van der Waals surface area contributed by atoms with Gasteiger partial charge < -0.3 is 5.32 Å². The fraction of sp³-hybridized carbons (Fsp3) is 0.308. The number of nitrogens with one attached hydrogen (secondary N) is 1. The zero-order valence-corrected chi connectivity index (χ0v) is 10.5. The van der Waals surface area contributed by atoms with Gasteiger partial charge in [0.05, 0.1) is 4.88 Å². The highest BCUT2D eigenvalue weighted by molar-refractivity contribution is 7.18. The summed E-state index contributed by atoms with van der Waals surface area (Å²) < 4.78 is 0. The van der Waals surface area contributed by atoms with Crippen LogP contribution in [0.1, 0.15) is 19.4 Å². The van der Waals surface area contributed by atoms with Crippen LogP contribution in [0.25, 0.3) is 10.4 Å². The minimum absolute atomic E-state index is 0.918. The molecule has 1 N–H and O–H groups in total. The van der Waals surface area contributed by atoms with Gasteiger partial charge in [0.2, 0.25) is 0 Å². The normalized spacial score (nSPS) is 10.4. The number of aryl methyl sites for hydroxylation is 1. The first-order chi connectivity index (χ1) is 7.83. The van der Waals surface area contributed by atoms with E-state index in [2.05, 4.69) is 48.4 Å². The molecule has 0 radical (unpaired) electrons. The second kappa shape index (κ2) is 5.12. The Balaban J connectivity index is 2.21. The number of benzene rings is 1. The van der Waals surface area contributed by atoms with Crippen LogP contribution in [-0.2, 0) is 6.42 Å². The molecular weight excluding hydrogens is 216 g/mol. The molecule has 2 nitrogen and oxygen atoms in total. The smallest absolute Gasteiger partial charge is 0.183 e. The third-order valence-electron chi connectivity index (χ3n) is 2.48. The Hall–Kier alpha value is -1.35. The average molecular weight is 232 g/mol. The lowest BCUT2D eigenvalue weighted by molar-refractivity contribution is 1.14. The number of hydrogen-bond acceptors (Lipinski definition) is 3. The number of rotatable bonds is 4. The summed E-state index contributed by atoms with van der Waals surface area (Å²) in [4.78, 5) is 5.55. The fourth-order valence-corrected chi connectivity index (χ4v) is 2.43. The summed E-state index contributed by atoms with van der Waals surface area (Å²) in [6, 6.07) is 8.70. The molecule has 0 aliphatic carbocycles. The first kappa shape index (κ1) is 11.1. The fourth-order valence-electron chi connectivity index (χ4n) is 1.55. The Bertz CT molecular complexity index is 445. The van der Waals surface area contributed by atoms with Gasteiger partial charge in [0.1, 0.15) is 0 Å². The molecule has 84 valence electrons. The Morgan fingerprint density at radius 1 is 1.19 bits per heavy atom. The van der Waals surface area contributed by atoms with Crippen molar-refractivity contribution in [1.82, 2.24) is 4.98 Å². The Labute approximate surface area is 100 Å². The van der Waals surface area contributed by atoms with Crippen molar-refractivity contribution in [2.24, 2.45) is 0 Å². The van der Waals surface area contributed by atoms with Gasteiger partial charge in [-0.1, -0.05) is 42.5 Å². The minimum Gasteiger partial charge on any atom is -0.362 e. The maximum atomic E-state index is 4.33. The van der Waals surface area contributed by atoms with E-state index in [4.69, 9.17) is 0 Å². The maximum absolute atomic E-state index is 4.33. The molecule has 3 heteroatoms. The van der Waals surface area contributed by atoms with E-state index in [9.17, 15) is 0 Å². The summed E-state index contributed by atoms with van der Waals surface area (Å²) in [6.07, 6.45) is 3.02. The lowest BCUT2D eigenvalue weighted by atomic mass is 10.1. The predicted molar refractivity (Wildman–Crippen MR) is 71.1 cm³/mol. The second-order valence-electron chi connectivity index (χ2n) is 3.61. The van der Waals surface area contributed by atoms with Gasteiger partial charge in [-0.15, -0.1) is 0 Å². The summed E-state index contributed by atoms with van der Waals surface area (Å²) in [7, 11) is 0.